The SMILES string of the molecule is C=COC(=O)C1CCCC1. The van der Waals surface area contributed by atoms with Crippen LogP contribution in [0.2, 0.25) is 0 Å². The molecule has 1 rings (SSSR count). The average Bonchev–Trinajstić information content (AvgIpc) is 2.38. The van der Waals surface area contributed by atoms with Gasteiger partial charge in [0.05, 0.1) is 12.2 Å². The van der Waals surface area contributed by atoms with E-state index in [-0.39, 0.29) is 11.9 Å². The Labute approximate surface area is 60.9 Å². The first kappa shape index (κ1) is 7.32. The van der Waals surface area contributed by atoms with Crippen molar-refractivity contribution in [3.05, 3.63) is 12.8 Å². The molecule has 0 N–H and O–H groups in total. The van der Waals surface area contributed by atoms with Gasteiger partial charge in [0.15, 0.2) is 0 Å². The van der Waals surface area contributed by atoms with Crippen LogP contribution in [-0.2, 0) is 9.53 Å². The molecule has 1 fully saturated rings. The summed E-state index contributed by atoms with van der Waals surface area (Å²) in [5.74, 6) is 0.0468. The predicted octanol–water partition coefficient (Wildman–Crippen LogP) is 1.86. The maximum absolute atomic E-state index is 11.0. The second kappa shape index (κ2) is 3.40. The van der Waals surface area contributed by atoms with Crippen molar-refractivity contribution in [3.63, 3.8) is 0 Å². The summed E-state index contributed by atoms with van der Waals surface area (Å²) in [4.78, 5) is 11.0. The number of hydrogen-bond acceptors (Lipinski definition) is 2. The molecule has 0 atom stereocenters. The molecule has 0 bridgehead atoms. The van der Waals surface area contributed by atoms with Crippen LogP contribution in [0.4, 0.5) is 0 Å². The first-order valence-electron chi connectivity index (χ1n) is 3.66. The Balaban J connectivity index is 2.32. The lowest BCUT2D eigenvalue weighted by atomic mass is 10.1. The number of hydrogen-bond donors (Lipinski definition) is 0. The zero-order valence-electron chi connectivity index (χ0n) is 6.01. The molecule has 1 aliphatic carbocycles. The van der Waals surface area contributed by atoms with Crippen LogP contribution in [0.3, 0.4) is 0 Å². The zero-order chi connectivity index (χ0) is 7.40. The molecule has 2 nitrogen and oxygen atoms in total. The zero-order valence-corrected chi connectivity index (χ0v) is 6.01. The van der Waals surface area contributed by atoms with Gasteiger partial charge in [0.25, 0.3) is 0 Å². The van der Waals surface area contributed by atoms with Gasteiger partial charge in [-0.25, -0.2) is 0 Å². The molecule has 0 aromatic carbocycles. The molecule has 0 heterocycles. The lowest BCUT2D eigenvalue weighted by Crippen LogP contribution is -2.11. The highest BCUT2D eigenvalue weighted by Crippen LogP contribution is 2.25. The standard InChI is InChI=1S/C8H12O2/c1-2-10-8(9)7-5-3-4-6-7/h2,7H,1,3-6H2. The van der Waals surface area contributed by atoms with Crippen molar-refractivity contribution in [2.45, 2.75) is 25.7 Å². The molecule has 10 heavy (non-hydrogen) atoms. The van der Waals surface area contributed by atoms with E-state index in [4.69, 9.17) is 0 Å². The molecule has 56 valence electrons. The van der Waals surface area contributed by atoms with Gasteiger partial charge in [-0.05, 0) is 12.8 Å². The Morgan fingerprint density at radius 3 is 2.60 bits per heavy atom. The number of rotatable bonds is 2. The number of ether oxygens (including phenoxy) is 1. The van der Waals surface area contributed by atoms with E-state index in [9.17, 15) is 4.79 Å². The third-order valence-corrected chi connectivity index (χ3v) is 1.89. The maximum Gasteiger partial charge on any atom is 0.313 e. The number of esters is 1. The highest BCUT2D eigenvalue weighted by molar-refractivity contribution is 5.73. The van der Waals surface area contributed by atoms with E-state index in [1.54, 1.807) is 0 Å². The molecule has 0 saturated heterocycles. The largest absolute Gasteiger partial charge is 0.435 e. The molecule has 0 aliphatic heterocycles. The quantitative estimate of drug-likeness (QED) is 0.432. The Morgan fingerprint density at radius 1 is 1.50 bits per heavy atom. The van der Waals surface area contributed by atoms with Gasteiger partial charge in [0.2, 0.25) is 0 Å². The molecule has 2 heteroatoms. The molecule has 1 aliphatic rings. The van der Waals surface area contributed by atoms with Crippen LogP contribution in [0.5, 0.6) is 0 Å². The van der Waals surface area contributed by atoms with Gasteiger partial charge in [0, 0.05) is 0 Å². The monoisotopic (exact) mass is 140 g/mol. The summed E-state index contributed by atoms with van der Waals surface area (Å²) in [6.07, 6.45) is 5.52. The van der Waals surface area contributed by atoms with E-state index in [0.717, 1.165) is 25.7 Å². The minimum absolute atomic E-state index is 0.104. The highest BCUT2D eigenvalue weighted by Gasteiger charge is 2.23. The smallest absolute Gasteiger partial charge is 0.313 e. The Hall–Kier alpha value is -0.790. The first-order chi connectivity index (χ1) is 4.84. The molecule has 1 saturated carbocycles. The second-order valence-electron chi connectivity index (χ2n) is 2.58. The van der Waals surface area contributed by atoms with E-state index >= 15 is 0 Å². The van der Waals surface area contributed by atoms with Gasteiger partial charge in [-0.2, -0.15) is 0 Å². The van der Waals surface area contributed by atoms with E-state index in [2.05, 4.69) is 11.3 Å². The highest BCUT2D eigenvalue weighted by atomic mass is 16.5. The van der Waals surface area contributed by atoms with Gasteiger partial charge >= 0.3 is 5.97 Å². The fraction of sp³-hybridized carbons (Fsp3) is 0.625. The Kier molecular flexibility index (Phi) is 2.49. The van der Waals surface area contributed by atoms with Crippen LogP contribution >= 0.6 is 0 Å². The van der Waals surface area contributed by atoms with Gasteiger partial charge in [-0.15, -0.1) is 0 Å². The summed E-state index contributed by atoms with van der Waals surface area (Å²) in [6, 6.07) is 0. The van der Waals surface area contributed by atoms with E-state index < -0.39 is 0 Å². The fourth-order valence-corrected chi connectivity index (χ4v) is 1.34. The molecule has 0 amide bonds. The van der Waals surface area contributed by atoms with E-state index in [0.29, 0.717) is 0 Å². The van der Waals surface area contributed by atoms with E-state index in [1.807, 2.05) is 0 Å². The van der Waals surface area contributed by atoms with Gasteiger partial charge in [-0.1, -0.05) is 19.4 Å². The van der Waals surface area contributed by atoms with Crippen LogP contribution in [0, 0.1) is 5.92 Å². The number of carbonyl (C=O) groups excluding carboxylic acids is 1. The Bertz CT molecular complexity index is 134. The number of carbonyl (C=O) groups is 1. The third kappa shape index (κ3) is 1.59. The van der Waals surface area contributed by atoms with Crippen molar-refractivity contribution in [2.24, 2.45) is 5.92 Å². The van der Waals surface area contributed by atoms with Gasteiger partial charge in [0.1, 0.15) is 0 Å². The average molecular weight is 140 g/mol. The van der Waals surface area contributed by atoms with Crippen molar-refractivity contribution in [1.29, 1.82) is 0 Å². The normalized spacial score (nSPS) is 18.8. The maximum atomic E-state index is 11.0. The Morgan fingerprint density at radius 2 is 2.10 bits per heavy atom. The topological polar surface area (TPSA) is 26.3 Å². The second-order valence-corrected chi connectivity index (χ2v) is 2.58. The van der Waals surface area contributed by atoms with Crippen molar-refractivity contribution >= 4 is 5.97 Å². The fourth-order valence-electron chi connectivity index (χ4n) is 1.34. The van der Waals surface area contributed by atoms with Crippen molar-refractivity contribution < 1.29 is 9.53 Å². The molecular weight excluding hydrogens is 128 g/mol. The van der Waals surface area contributed by atoms with Crippen LogP contribution in [0.15, 0.2) is 12.8 Å². The lowest BCUT2D eigenvalue weighted by molar-refractivity contribution is -0.142. The summed E-state index contributed by atoms with van der Waals surface area (Å²) in [5.41, 5.74) is 0. The molecule has 0 aromatic rings. The van der Waals surface area contributed by atoms with Crippen LogP contribution in [0.1, 0.15) is 25.7 Å². The third-order valence-electron chi connectivity index (χ3n) is 1.89. The summed E-state index contributed by atoms with van der Waals surface area (Å²) in [5, 5.41) is 0. The first-order valence-corrected chi connectivity index (χ1v) is 3.66. The summed E-state index contributed by atoms with van der Waals surface area (Å²) in [7, 11) is 0. The van der Waals surface area contributed by atoms with Gasteiger partial charge < -0.3 is 4.74 Å². The predicted molar refractivity (Wildman–Crippen MR) is 38.2 cm³/mol. The van der Waals surface area contributed by atoms with Crippen LogP contribution in [0.25, 0.3) is 0 Å². The summed E-state index contributed by atoms with van der Waals surface area (Å²) < 4.78 is 4.65. The van der Waals surface area contributed by atoms with E-state index in [1.165, 1.54) is 6.26 Å². The van der Waals surface area contributed by atoms with Gasteiger partial charge in [-0.3, -0.25) is 4.79 Å². The van der Waals surface area contributed by atoms with Crippen molar-refractivity contribution in [2.75, 3.05) is 0 Å². The minimum Gasteiger partial charge on any atom is -0.435 e. The molecule has 0 radical (unpaired) electrons. The molecular formula is C8H12O2. The van der Waals surface area contributed by atoms with Crippen molar-refractivity contribution in [3.8, 4) is 0 Å². The lowest BCUT2D eigenvalue weighted by Gasteiger charge is -2.03. The molecule has 0 spiro atoms. The van der Waals surface area contributed by atoms with Crippen molar-refractivity contribution in [1.82, 2.24) is 0 Å². The van der Waals surface area contributed by atoms with Crippen LogP contribution in [-0.4, -0.2) is 5.97 Å². The summed E-state index contributed by atoms with van der Waals surface area (Å²) in [6.45, 7) is 3.33. The minimum atomic E-state index is -0.104. The summed E-state index contributed by atoms with van der Waals surface area (Å²) >= 11 is 0. The molecule has 0 aromatic heterocycles. The van der Waals surface area contributed by atoms with Crippen LogP contribution < -0.4 is 0 Å². The molecule has 0 unspecified atom stereocenters.